The zero-order chi connectivity index (χ0) is 19.1. The third-order valence-corrected chi connectivity index (χ3v) is 4.95. The van der Waals surface area contributed by atoms with Crippen LogP contribution in [0.5, 0.6) is 5.75 Å². The van der Waals surface area contributed by atoms with E-state index in [4.69, 9.17) is 4.74 Å². The monoisotopic (exact) mass is 382 g/mol. The van der Waals surface area contributed by atoms with Crippen LogP contribution in [-0.4, -0.2) is 16.2 Å². The van der Waals surface area contributed by atoms with Crippen molar-refractivity contribution in [1.29, 1.82) is 0 Å². The molecular weight excluding hydrogens is 360 g/mol. The first-order chi connectivity index (χ1) is 13.1. The van der Waals surface area contributed by atoms with Gasteiger partial charge in [0, 0.05) is 5.69 Å². The van der Waals surface area contributed by atoms with Crippen molar-refractivity contribution in [2.45, 2.75) is 32.8 Å². The normalized spacial score (nSPS) is 11.6. The zero-order valence-electron chi connectivity index (χ0n) is 15.3. The fourth-order valence-corrected chi connectivity index (χ4v) is 3.06. The SMILES string of the molecule is CC[C@H](C)c1ccc(OCc2nnc(NC(=O)Nc3ccccc3)s2)cc1. The maximum Gasteiger partial charge on any atom is 0.325 e. The maximum atomic E-state index is 12.0. The molecule has 3 aromatic rings. The molecule has 0 spiro atoms. The topological polar surface area (TPSA) is 76.1 Å². The highest BCUT2D eigenvalue weighted by Crippen LogP contribution is 2.23. The fraction of sp³-hybridized carbons (Fsp3) is 0.250. The van der Waals surface area contributed by atoms with E-state index in [2.05, 4.69) is 46.8 Å². The highest BCUT2D eigenvalue weighted by molar-refractivity contribution is 7.15. The molecule has 1 heterocycles. The summed E-state index contributed by atoms with van der Waals surface area (Å²) >= 11 is 1.28. The van der Waals surface area contributed by atoms with Gasteiger partial charge in [-0.25, -0.2) is 4.79 Å². The Morgan fingerprint density at radius 1 is 1.07 bits per heavy atom. The molecule has 6 nitrogen and oxygen atoms in total. The van der Waals surface area contributed by atoms with E-state index in [-0.39, 0.29) is 6.03 Å². The van der Waals surface area contributed by atoms with Crippen LogP contribution in [0.1, 0.15) is 36.8 Å². The number of para-hydroxylation sites is 1. The van der Waals surface area contributed by atoms with Gasteiger partial charge in [0.05, 0.1) is 0 Å². The molecule has 2 N–H and O–H groups in total. The van der Waals surface area contributed by atoms with Crippen LogP contribution in [0.3, 0.4) is 0 Å². The van der Waals surface area contributed by atoms with Crippen LogP contribution in [0.4, 0.5) is 15.6 Å². The number of rotatable bonds is 7. The minimum Gasteiger partial charge on any atom is -0.486 e. The number of urea groups is 1. The Hall–Kier alpha value is -2.93. The quantitative estimate of drug-likeness (QED) is 0.583. The number of nitrogens with zero attached hydrogens (tertiary/aromatic N) is 2. The Bertz CT molecular complexity index is 865. The molecule has 0 bridgehead atoms. The number of carbonyl (C=O) groups excluding carboxylic acids is 1. The van der Waals surface area contributed by atoms with Crippen molar-refractivity contribution in [3.63, 3.8) is 0 Å². The van der Waals surface area contributed by atoms with Crippen molar-refractivity contribution in [2.24, 2.45) is 0 Å². The Morgan fingerprint density at radius 3 is 2.52 bits per heavy atom. The molecule has 0 aliphatic rings. The summed E-state index contributed by atoms with van der Waals surface area (Å²) in [5.74, 6) is 1.33. The van der Waals surface area contributed by atoms with Crippen LogP contribution in [0.15, 0.2) is 54.6 Å². The van der Waals surface area contributed by atoms with Crippen molar-refractivity contribution >= 4 is 28.2 Å². The lowest BCUT2D eigenvalue weighted by Crippen LogP contribution is -2.19. The molecule has 140 valence electrons. The first-order valence-electron chi connectivity index (χ1n) is 8.82. The molecule has 0 fully saturated rings. The predicted molar refractivity (Wildman–Crippen MR) is 108 cm³/mol. The van der Waals surface area contributed by atoms with Gasteiger partial charge >= 0.3 is 6.03 Å². The number of benzene rings is 2. The first-order valence-corrected chi connectivity index (χ1v) is 9.64. The van der Waals surface area contributed by atoms with E-state index < -0.39 is 0 Å². The smallest absolute Gasteiger partial charge is 0.325 e. The number of aromatic nitrogens is 2. The molecule has 2 aromatic carbocycles. The van der Waals surface area contributed by atoms with Crippen LogP contribution in [-0.2, 0) is 6.61 Å². The lowest BCUT2D eigenvalue weighted by Gasteiger charge is -2.10. The van der Waals surface area contributed by atoms with Crippen LogP contribution >= 0.6 is 11.3 Å². The Kier molecular flexibility index (Phi) is 6.38. The first kappa shape index (κ1) is 18.8. The summed E-state index contributed by atoms with van der Waals surface area (Å²) in [6.45, 7) is 4.69. The van der Waals surface area contributed by atoms with E-state index in [0.717, 1.165) is 12.2 Å². The molecule has 1 aromatic heterocycles. The van der Waals surface area contributed by atoms with Crippen LogP contribution in [0.25, 0.3) is 0 Å². The summed E-state index contributed by atoms with van der Waals surface area (Å²) in [7, 11) is 0. The third kappa shape index (κ3) is 5.52. The summed E-state index contributed by atoms with van der Waals surface area (Å²) in [4.78, 5) is 12.0. The number of hydrogen-bond acceptors (Lipinski definition) is 5. The van der Waals surface area contributed by atoms with Crippen molar-refractivity contribution in [1.82, 2.24) is 10.2 Å². The van der Waals surface area contributed by atoms with Crippen LogP contribution in [0.2, 0.25) is 0 Å². The Balaban J connectivity index is 1.50. The van der Waals surface area contributed by atoms with Gasteiger partial charge < -0.3 is 10.1 Å². The second kappa shape index (κ2) is 9.14. The minimum atomic E-state index is -0.356. The predicted octanol–water partition coefficient (Wildman–Crippen LogP) is 5.27. The summed E-state index contributed by atoms with van der Waals surface area (Å²) in [5, 5.41) is 14.6. The number of hydrogen-bond donors (Lipinski definition) is 2. The largest absolute Gasteiger partial charge is 0.486 e. The molecule has 1 atom stereocenters. The molecule has 0 unspecified atom stereocenters. The van der Waals surface area contributed by atoms with Gasteiger partial charge in [0.2, 0.25) is 5.13 Å². The number of carbonyl (C=O) groups is 1. The van der Waals surface area contributed by atoms with E-state index in [9.17, 15) is 4.79 Å². The molecule has 0 saturated heterocycles. The minimum absolute atomic E-state index is 0.308. The van der Waals surface area contributed by atoms with E-state index in [1.807, 2.05) is 42.5 Å². The number of nitrogens with one attached hydrogen (secondary N) is 2. The highest BCUT2D eigenvalue weighted by Gasteiger charge is 2.09. The molecule has 7 heteroatoms. The number of ether oxygens (including phenoxy) is 1. The molecule has 3 rings (SSSR count). The molecular formula is C20H22N4O2S. The molecule has 2 amide bonds. The van der Waals surface area contributed by atoms with Crippen molar-refractivity contribution in [2.75, 3.05) is 10.6 Å². The van der Waals surface area contributed by atoms with Gasteiger partial charge in [-0.2, -0.15) is 0 Å². The molecule has 0 radical (unpaired) electrons. The van der Waals surface area contributed by atoms with Crippen LogP contribution < -0.4 is 15.4 Å². The average molecular weight is 382 g/mol. The van der Waals surface area contributed by atoms with Crippen molar-refractivity contribution < 1.29 is 9.53 Å². The van der Waals surface area contributed by atoms with Gasteiger partial charge in [0.15, 0.2) is 5.01 Å². The highest BCUT2D eigenvalue weighted by atomic mass is 32.1. The lowest BCUT2D eigenvalue weighted by atomic mass is 9.99. The second-order valence-electron chi connectivity index (χ2n) is 6.11. The molecule has 0 aliphatic carbocycles. The molecule has 0 saturated carbocycles. The van der Waals surface area contributed by atoms with Gasteiger partial charge in [-0.05, 0) is 42.2 Å². The second-order valence-corrected chi connectivity index (χ2v) is 7.18. The van der Waals surface area contributed by atoms with Crippen molar-refractivity contribution in [3.05, 3.63) is 65.2 Å². The van der Waals surface area contributed by atoms with Gasteiger partial charge in [0.1, 0.15) is 12.4 Å². The van der Waals surface area contributed by atoms with E-state index in [0.29, 0.717) is 28.4 Å². The number of amides is 2. The van der Waals surface area contributed by atoms with E-state index in [1.54, 1.807) is 0 Å². The summed E-state index contributed by atoms with van der Waals surface area (Å²) in [6.07, 6.45) is 1.11. The summed E-state index contributed by atoms with van der Waals surface area (Å²) < 4.78 is 5.75. The summed E-state index contributed by atoms with van der Waals surface area (Å²) in [6, 6.07) is 17.0. The van der Waals surface area contributed by atoms with E-state index >= 15 is 0 Å². The van der Waals surface area contributed by atoms with E-state index in [1.165, 1.54) is 16.9 Å². The fourth-order valence-electron chi connectivity index (χ4n) is 2.42. The van der Waals surface area contributed by atoms with Crippen LogP contribution in [0, 0.1) is 0 Å². The maximum absolute atomic E-state index is 12.0. The number of anilines is 2. The van der Waals surface area contributed by atoms with Gasteiger partial charge in [0.25, 0.3) is 0 Å². The average Bonchev–Trinajstić information content (AvgIpc) is 3.14. The standard InChI is InChI=1S/C20H22N4O2S/c1-3-14(2)15-9-11-17(12-10-15)26-13-18-23-24-20(27-18)22-19(25)21-16-7-5-4-6-8-16/h4-12,14H,3,13H2,1-2H3,(H2,21,22,24,25)/t14-/m0/s1. The summed E-state index contributed by atoms with van der Waals surface area (Å²) in [5.41, 5.74) is 2.01. The van der Waals surface area contributed by atoms with Gasteiger partial charge in [-0.1, -0.05) is 55.5 Å². The lowest BCUT2D eigenvalue weighted by molar-refractivity contribution is 0.262. The Labute approximate surface area is 162 Å². The molecule has 27 heavy (non-hydrogen) atoms. The van der Waals surface area contributed by atoms with Gasteiger partial charge in [-0.3, -0.25) is 5.32 Å². The molecule has 0 aliphatic heterocycles. The van der Waals surface area contributed by atoms with Gasteiger partial charge in [-0.15, -0.1) is 10.2 Å². The zero-order valence-corrected chi connectivity index (χ0v) is 16.1. The van der Waals surface area contributed by atoms with Crippen molar-refractivity contribution in [3.8, 4) is 5.75 Å². The third-order valence-electron chi connectivity index (χ3n) is 4.14. The Morgan fingerprint density at radius 2 is 1.81 bits per heavy atom.